The Kier molecular flexibility index (Phi) is 6.46. The van der Waals surface area contributed by atoms with E-state index in [2.05, 4.69) is 0 Å². The molecule has 0 fully saturated rings. The molecule has 0 aliphatic carbocycles. The van der Waals surface area contributed by atoms with E-state index in [1.54, 1.807) is 36.4 Å². The van der Waals surface area contributed by atoms with Crippen molar-refractivity contribution in [2.24, 2.45) is 5.92 Å². The van der Waals surface area contributed by atoms with Crippen molar-refractivity contribution in [2.45, 2.75) is 20.8 Å². The summed E-state index contributed by atoms with van der Waals surface area (Å²) in [6.07, 6.45) is 0. The third kappa shape index (κ3) is 3.66. The van der Waals surface area contributed by atoms with Crippen molar-refractivity contribution in [1.82, 2.24) is 0 Å². The number of Topliss-reactive ketones (excluding diaryl/α,β-unsaturated/α-hetero) is 2. The summed E-state index contributed by atoms with van der Waals surface area (Å²) in [6.45, 7) is 5.24. The third-order valence-corrected chi connectivity index (χ3v) is 1.86. The molecule has 0 saturated carbocycles. The van der Waals surface area contributed by atoms with Crippen LogP contribution in [0.25, 0.3) is 0 Å². The minimum atomic E-state index is -1.17. The molecule has 1 atom stereocenters. The first-order valence-electron chi connectivity index (χ1n) is 5.16. The highest BCUT2D eigenvalue weighted by atomic mass is 16.1. The van der Waals surface area contributed by atoms with Gasteiger partial charge >= 0.3 is 0 Å². The third-order valence-electron chi connectivity index (χ3n) is 1.86. The number of ketones is 2. The highest BCUT2D eigenvalue weighted by Gasteiger charge is 2.23. The molecule has 1 rings (SSSR count). The predicted octanol–water partition coefficient (Wildman–Crippen LogP) is 2.62. The van der Waals surface area contributed by atoms with Crippen LogP contribution in [-0.4, -0.2) is 11.6 Å². The van der Waals surface area contributed by atoms with Crippen LogP contribution in [0.4, 0.5) is 0 Å². The Bertz CT molecular complexity index is 390. The topological polar surface area (TPSA) is 57.9 Å². The summed E-state index contributed by atoms with van der Waals surface area (Å²) in [6, 6.07) is 10.0. The fraction of sp³-hybridized carbons (Fsp3) is 0.308. The Morgan fingerprint density at radius 1 is 1.19 bits per heavy atom. The molecule has 0 spiro atoms. The van der Waals surface area contributed by atoms with Gasteiger partial charge in [0, 0.05) is 5.56 Å². The van der Waals surface area contributed by atoms with Gasteiger partial charge in [0.1, 0.15) is 0 Å². The van der Waals surface area contributed by atoms with Gasteiger partial charge in [-0.3, -0.25) is 9.59 Å². The summed E-state index contributed by atoms with van der Waals surface area (Å²) in [7, 11) is 0. The van der Waals surface area contributed by atoms with E-state index in [1.165, 1.54) is 6.92 Å². The molecule has 0 aliphatic heterocycles. The van der Waals surface area contributed by atoms with Gasteiger partial charge in [-0.1, -0.05) is 44.2 Å². The SMILES string of the molecule is CC.CC(=O)C(C#N)C(=O)c1ccccc1. The summed E-state index contributed by atoms with van der Waals surface area (Å²) < 4.78 is 0. The number of benzene rings is 1. The van der Waals surface area contributed by atoms with E-state index in [9.17, 15) is 9.59 Å². The molecule has 3 heteroatoms. The van der Waals surface area contributed by atoms with E-state index >= 15 is 0 Å². The maximum absolute atomic E-state index is 11.6. The molecular weight excluding hydrogens is 202 g/mol. The van der Waals surface area contributed by atoms with Crippen LogP contribution in [0.15, 0.2) is 30.3 Å². The number of nitrogens with zero attached hydrogens (tertiary/aromatic N) is 1. The average Bonchev–Trinajstić information content (AvgIpc) is 2.33. The Balaban J connectivity index is 0.00000106. The highest BCUT2D eigenvalue weighted by Crippen LogP contribution is 2.08. The Morgan fingerprint density at radius 3 is 2.06 bits per heavy atom. The first kappa shape index (κ1) is 14.1. The summed E-state index contributed by atoms with van der Waals surface area (Å²) in [5.74, 6) is -2.01. The monoisotopic (exact) mass is 217 g/mol. The molecule has 0 aliphatic rings. The molecule has 0 bridgehead atoms. The number of carbonyl (C=O) groups is 2. The lowest BCUT2D eigenvalue weighted by Gasteiger charge is -2.03. The average molecular weight is 217 g/mol. The second-order valence-corrected chi connectivity index (χ2v) is 2.90. The summed E-state index contributed by atoms with van der Waals surface area (Å²) in [5, 5.41) is 8.64. The van der Waals surface area contributed by atoms with Gasteiger partial charge in [0.2, 0.25) is 0 Å². The first-order valence-corrected chi connectivity index (χ1v) is 5.16. The zero-order valence-corrected chi connectivity index (χ0v) is 9.73. The van der Waals surface area contributed by atoms with E-state index in [0.29, 0.717) is 5.56 Å². The lowest BCUT2D eigenvalue weighted by molar-refractivity contribution is -0.118. The molecule has 1 aromatic carbocycles. The maximum atomic E-state index is 11.6. The Labute approximate surface area is 95.7 Å². The van der Waals surface area contributed by atoms with Crippen LogP contribution in [0.5, 0.6) is 0 Å². The largest absolute Gasteiger partial charge is 0.298 e. The lowest BCUT2D eigenvalue weighted by atomic mass is 9.96. The molecular formula is C13H15NO2. The molecule has 1 aromatic rings. The quantitative estimate of drug-likeness (QED) is 0.577. The van der Waals surface area contributed by atoms with E-state index in [1.807, 2.05) is 13.8 Å². The van der Waals surface area contributed by atoms with Crippen molar-refractivity contribution in [3.8, 4) is 6.07 Å². The van der Waals surface area contributed by atoms with Gasteiger partial charge in [0.15, 0.2) is 17.5 Å². The van der Waals surface area contributed by atoms with E-state index in [-0.39, 0.29) is 0 Å². The van der Waals surface area contributed by atoms with Gasteiger partial charge in [-0.25, -0.2) is 0 Å². The Hall–Kier alpha value is -1.95. The zero-order valence-electron chi connectivity index (χ0n) is 9.73. The van der Waals surface area contributed by atoms with Crippen molar-refractivity contribution in [1.29, 1.82) is 5.26 Å². The minimum absolute atomic E-state index is 0.397. The van der Waals surface area contributed by atoms with Gasteiger partial charge in [0.05, 0.1) is 6.07 Å². The summed E-state index contributed by atoms with van der Waals surface area (Å²) >= 11 is 0. The van der Waals surface area contributed by atoms with Crippen LogP contribution < -0.4 is 0 Å². The number of hydrogen-bond acceptors (Lipinski definition) is 3. The second kappa shape index (κ2) is 7.36. The molecule has 0 saturated heterocycles. The van der Waals surface area contributed by atoms with Crippen LogP contribution in [0.2, 0.25) is 0 Å². The van der Waals surface area contributed by atoms with E-state index in [0.717, 1.165) is 0 Å². The molecule has 16 heavy (non-hydrogen) atoms. The van der Waals surface area contributed by atoms with Crippen LogP contribution in [-0.2, 0) is 4.79 Å². The van der Waals surface area contributed by atoms with Crippen molar-refractivity contribution in [2.75, 3.05) is 0 Å². The van der Waals surface area contributed by atoms with E-state index < -0.39 is 17.5 Å². The zero-order chi connectivity index (χ0) is 12.6. The lowest BCUT2D eigenvalue weighted by Crippen LogP contribution is -2.20. The maximum Gasteiger partial charge on any atom is 0.187 e. The summed E-state index contributed by atoms with van der Waals surface area (Å²) in [5.41, 5.74) is 0.397. The number of nitriles is 1. The van der Waals surface area contributed by atoms with Crippen molar-refractivity contribution in [3.05, 3.63) is 35.9 Å². The molecule has 0 radical (unpaired) electrons. The number of rotatable bonds is 3. The molecule has 0 heterocycles. The number of carbonyl (C=O) groups excluding carboxylic acids is 2. The van der Waals surface area contributed by atoms with Crippen LogP contribution in [0.3, 0.4) is 0 Å². The Morgan fingerprint density at radius 2 is 1.69 bits per heavy atom. The number of hydrogen-bond donors (Lipinski definition) is 0. The van der Waals surface area contributed by atoms with Crippen molar-refractivity contribution >= 4 is 11.6 Å². The minimum Gasteiger partial charge on any atom is -0.298 e. The molecule has 3 nitrogen and oxygen atoms in total. The van der Waals surface area contributed by atoms with E-state index in [4.69, 9.17) is 5.26 Å². The van der Waals surface area contributed by atoms with Crippen molar-refractivity contribution in [3.63, 3.8) is 0 Å². The van der Waals surface area contributed by atoms with Gasteiger partial charge in [-0.2, -0.15) is 5.26 Å². The van der Waals surface area contributed by atoms with Crippen LogP contribution >= 0.6 is 0 Å². The molecule has 0 aromatic heterocycles. The molecule has 0 N–H and O–H groups in total. The molecule has 0 amide bonds. The van der Waals surface area contributed by atoms with Crippen molar-refractivity contribution < 1.29 is 9.59 Å². The first-order chi connectivity index (χ1) is 7.66. The summed E-state index contributed by atoms with van der Waals surface area (Å²) in [4.78, 5) is 22.5. The highest BCUT2D eigenvalue weighted by molar-refractivity contribution is 6.12. The van der Waals surface area contributed by atoms with Crippen LogP contribution in [0.1, 0.15) is 31.1 Å². The predicted molar refractivity (Wildman–Crippen MR) is 61.9 cm³/mol. The fourth-order valence-electron chi connectivity index (χ4n) is 1.10. The molecule has 1 unspecified atom stereocenters. The fourth-order valence-corrected chi connectivity index (χ4v) is 1.10. The van der Waals surface area contributed by atoms with Gasteiger partial charge in [0.25, 0.3) is 0 Å². The second-order valence-electron chi connectivity index (χ2n) is 2.90. The van der Waals surface area contributed by atoms with Crippen LogP contribution in [0, 0.1) is 17.2 Å². The molecule has 84 valence electrons. The smallest absolute Gasteiger partial charge is 0.187 e. The standard InChI is InChI=1S/C11H9NO2.C2H6/c1-8(13)10(7-12)11(14)9-5-3-2-4-6-9;1-2/h2-6,10H,1H3;1-2H3. The van der Waals surface area contributed by atoms with Gasteiger partial charge in [-0.15, -0.1) is 0 Å². The van der Waals surface area contributed by atoms with Gasteiger partial charge in [-0.05, 0) is 6.92 Å². The van der Waals surface area contributed by atoms with Gasteiger partial charge < -0.3 is 0 Å². The normalized spacial score (nSPS) is 10.4.